The van der Waals surface area contributed by atoms with Gasteiger partial charge in [0.1, 0.15) is 0 Å². The first kappa shape index (κ1) is 34.6. The van der Waals surface area contributed by atoms with Crippen LogP contribution in [0.4, 0.5) is 5.69 Å². The van der Waals surface area contributed by atoms with Gasteiger partial charge >= 0.3 is 0 Å². The number of thiophene rings is 2. The number of nitrogens with zero attached hydrogens (tertiary/aromatic N) is 5. The molecule has 10 aromatic rings. The molecular weight excluding hydrogens is 735 g/mol. The molecule has 0 aliphatic carbocycles. The van der Waals surface area contributed by atoms with E-state index in [1.807, 2.05) is 72.8 Å². The minimum atomic E-state index is 0.504. The molecule has 0 bridgehead atoms. The van der Waals surface area contributed by atoms with Gasteiger partial charge < -0.3 is 0 Å². The average molecular weight is 768 g/mol. The highest BCUT2D eigenvalue weighted by atomic mass is 32.1. The zero-order chi connectivity index (χ0) is 38.1. The normalized spacial score (nSPS) is 11.8. The Balaban J connectivity index is 1.10. The van der Waals surface area contributed by atoms with Gasteiger partial charge in [-0.3, -0.25) is 9.98 Å². The Bertz CT molecular complexity index is 3060. The molecule has 0 saturated carbocycles. The van der Waals surface area contributed by atoms with Gasteiger partial charge in [-0.05, 0) is 47.7 Å². The van der Waals surface area contributed by atoms with Crippen molar-refractivity contribution in [2.45, 2.75) is 6.54 Å². The Kier molecular flexibility index (Phi) is 9.07. The summed E-state index contributed by atoms with van der Waals surface area (Å²) < 4.78 is 3.56. The monoisotopic (exact) mass is 767 g/mol. The highest BCUT2D eigenvalue weighted by Gasteiger charge is 2.20. The predicted octanol–water partition coefficient (Wildman–Crippen LogP) is 13.5. The van der Waals surface area contributed by atoms with Crippen LogP contribution in [0.3, 0.4) is 0 Å². The van der Waals surface area contributed by atoms with E-state index in [4.69, 9.17) is 19.9 Å². The van der Waals surface area contributed by atoms with Gasteiger partial charge in [0.15, 0.2) is 17.5 Å². The summed E-state index contributed by atoms with van der Waals surface area (Å²) in [5.74, 6) is 1.94. The lowest BCUT2D eigenvalue weighted by Gasteiger charge is -2.11. The van der Waals surface area contributed by atoms with E-state index in [1.54, 1.807) is 22.7 Å². The SMILES string of the molecule is C=Nc1c(C(=NCc2cccc(-c3cccc4sc5cccc(-c6nc(-c7ccccc7)nc(-c7ccccc7)n6)c5c34)c2)c2ccccc2)sc2ccccc12. The Hall–Kier alpha value is -6.93. The topological polar surface area (TPSA) is 63.4 Å². The fourth-order valence-corrected chi connectivity index (χ4v) is 9.82. The Morgan fingerprint density at radius 3 is 1.72 bits per heavy atom. The van der Waals surface area contributed by atoms with Crippen molar-refractivity contribution < 1.29 is 0 Å². The molecule has 3 aromatic heterocycles. The van der Waals surface area contributed by atoms with Crippen LogP contribution in [0.25, 0.3) is 75.5 Å². The molecule has 0 atom stereocenters. The van der Waals surface area contributed by atoms with Crippen molar-refractivity contribution >= 4 is 71.0 Å². The summed E-state index contributed by atoms with van der Waals surface area (Å²) in [6, 6.07) is 60.8. The standard InChI is InChI=1S/C50H33N5S2/c1-51-46-38-24-11-12-27-40(38)57-47(46)45(33-17-5-2-6-18-33)52-31-32-16-13-23-36(30-32)37-25-14-28-41-43(37)44-39(26-15-29-42(44)56-41)50-54-48(34-19-7-3-8-20-34)53-49(55-50)35-21-9-4-10-22-35/h2-30H,1,31H2. The van der Waals surface area contributed by atoms with Gasteiger partial charge in [0, 0.05) is 52.5 Å². The molecule has 0 unspecified atom stereocenters. The van der Waals surface area contributed by atoms with Gasteiger partial charge in [-0.15, -0.1) is 22.7 Å². The number of hydrogen-bond acceptors (Lipinski definition) is 7. The van der Waals surface area contributed by atoms with Crippen LogP contribution in [0.1, 0.15) is 16.0 Å². The van der Waals surface area contributed by atoms with Crippen LogP contribution >= 0.6 is 22.7 Å². The van der Waals surface area contributed by atoms with Gasteiger partial charge in [-0.25, -0.2) is 15.0 Å². The van der Waals surface area contributed by atoms with Gasteiger partial charge in [0.2, 0.25) is 0 Å². The highest BCUT2D eigenvalue weighted by molar-refractivity contribution is 7.26. The summed E-state index contributed by atoms with van der Waals surface area (Å²) in [5, 5.41) is 3.42. The van der Waals surface area contributed by atoms with Crippen LogP contribution in [-0.4, -0.2) is 27.4 Å². The second kappa shape index (κ2) is 15.0. The number of rotatable bonds is 9. The fourth-order valence-electron chi connectivity index (χ4n) is 7.47. The zero-order valence-corrected chi connectivity index (χ0v) is 32.3. The van der Waals surface area contributed by atoms with E-state index >= 15 is 0 Å². The van der Waals surface area contributed by atoms with Crippen LogP contribution in [0.5, 0.6) is 0 Å². The van der Waals surface area contributed by atoms with Gasteiger partial charge in [0.25, 0.3) is 0 Å². The molecule has 0 spiro atoms. The fraction of sp³-hybridized carbons (Fsp3) is 0.0200. The molecule has 270 valence electrons. The lowest BCUT2D eigenvalue weighted by atomic mass is 9.96. The molecule has 0 amide bonds. The Labute approximate surface area is 338 Å². The molecule has 0 aliphatic rings. The molecule has 0 N–H and O–H groups in total. The van der Waals surface area contributed by atoms with E-state index in [0.717, 1.165) is 66.0 Å². The minimum Gasteiger partial charge on any atom is -0.278 e. The van der Waals surface area contributed by atoms with Crippen LogP contribution < -0.4 is 0 Å². The predicted molar refractivity (Wildman–Crippen MR) is 241 cm³/mol. The molecule has 0 radical (unpaired) electrons. The summed E-state index contributed by atoms with van der Waals surface area (Å²) in [4.78, 5) is 26.1. The van der Waals surface area contributed by atoms with Crippen molar-refractivity contribution in [3.8, 4) is 45.3 Å². The molecule has 57 heavy (non-hydrogen) atoms. The third-order valence-corrected chi connectivity index (χ3v) is 12.4. The smallest absolute Gasteiger partial charge is 0.164 e. The van der Waals surface area contributed by atoms with E-state index in [0.29, 0.717) is 24.0 Å². The first-order valence-corrected chi connectivity index (χ1v) is 20.3. The summed E-state index contributed by atoms with van der Waals surface area (Å²) in [6.07, 6.45) is 0. The van der Waals surface area contributed by atoms with Crippen molar-refractivity contribution in [3.05, 3.63) is 192 Å². The first-order valence-electron chi connectivity index (χ1n) is 18.7. The number of aromatic nitrogens is 3. The van der Waals surface area contributed by atoms with Crippen molar-refractivity contribution in [3.63, 3.8) is 0 Å². The number of aliphatic imine (C=N–C) groups is 2. The average Bonchev–Trinajstić information content (AvgIpc) is 3.86. The van der Waals surface area contributed by atoms with E-state index in [2.05, 4.69) is 115 Å². The van der Waals surface area contributed by atoms with Crippen LogP contribution in [0, 0.1) is 0 Å². The third kappa shape index (κ3) is 6.53. The van der Waals surface area contributed by atoms with Crippen LogP contribution in [-0.2, 0) is 6.54 Å². The summed E-state index contributed by atoms with van der Waals surface area (Å²) in [6.45, 7) is 4.45. The summed E-state index contributed by atoms with van der Waals surface area (Å²) in [7, 11) is 0. The van der Waals surface area contributed by atoms with Crippen LogP contribution in [0.2, 0.25) is 0 Å². The first-order chi connectivity index (χ1) is 28.2. The van der Waals surface area contributed by atoms with Crippen LogP contribution in [0.15, 0.2) is 186 Å². The molecule has 7 aromatic carbocycles. The van der Waals surface area contributed by atoms with E-state index < -0.39 is 0 Å². The maximum absolute atomic E-state index is 5.31. The van der Waals surface area contributed by atoms with Crippen molar-refractivity contribution in [1.29, 1.82) is 0 Å². The molecule has 0 aliphatic heterocycles. The largest absolute Gasteiger partial charge is 0.278 e. The van der Waals surface area contributed by atoms with Gasteiger partial charge in [0.05, 0.1) is 22.8 Å². The third-order valence-electron chi connectivity index (χ3n) is 10.1. The lowest BCUT2D eigenvalue weighted by Crippen LogP contribution is -2.02. The maximum atomic E-state index is 5.31. The quantitative estimate of drug-likeness (QED) is 0.137. The molecule has 3 heterocycles. The van der Waals surface area contributed by atoms with E-state index in [9.17, 15) is 0 Å². The molecule has 7 heteroatoms. The van der Waals surface area contributed by atoms with E-state index in [-0.39, 0.29) is 0 Å². The zero-order valence-electron chi connectivity index (χ0n) is 30.7. The van der Waals surface area contributed by atoms with Gasteiger partial charge in [-0.2, -0.15) is 0 Å². The second-order valence-corrected chi connectivity index (χ2v) is 15.8. The molecule has 0 fully saturated rings. The van der Waals surface area contributed by atoms with Crippen molar-refractivity contribution in [2.24, 2.45) is 9.98 Å². The molecular formula is C50H33N5S2. The Morgan fingerprint density at radius 1 is 0.491 bits per heavy atom. The number of fused-ring (bicyclic) bond motifs is 4. The van der Waals surface area contributed by atoms with Crippen molar-refractivity contribution in [1.82, 2.24) is 15.0 Å². The summed E-state index contributed by atoms with van der Waals surface area (Å²) in [5.41, 5.74) is 9.12. The summed E-state index contributed by atoms with van der Waals surface area (Å²) >= 11 is 3.50. The highest BCUT2D eigenvalue weighted by Crippen LogP contribution is 2.44. The Morgan fingerprint density at radius 2 is 1.04 bits per heavy atom. The number of benzene rings is 7. The second-order valence-electron chi connectivity index (χ2n) is 13.7. The maximum Gasteiger partial charge on any atom is 0.164 e. The molecule has 10 rings (SSSR count). The van der Waals surface area contributed by atoms with E-state index in [1.165, 1.54) is 19.5 Å². The lowest BCUT2D eigenvalue weighted by molar-refractivity contribution is 1.07. The molecule has 0 saturated heterocycles. The molecule has 5 nitrogen and oxygen atoms in total. The minimum absolute atomic E-state index is 0.504. The van der Waals surface area contributed by atoms with Gasteiger partial charge in [-0.1, -0.05) is 152 Å². The van der Waals surface area contributed by atoms with Crippen molar-refractivity contribution in [2.75, 3.05) is 0 Å². The number of hydrogen-bond donors (Lipinski definition) is 0.